The van der Waals surface area contributed by atoms with Crippen LogP contribution in [0.1, 0.15) is 19.8 Å². The predicted octanol–water partition coefficient (Wildman–Crippen LogP) is 0.558. The van der Waals surface area contributed by atoms with Gasteiger partial charge in [-0.3, -0.25) is 4.79 Å². The molecular formula is C11H17NO4. The van der Waals surface area contributed by atoms with Crippen molar-refractivity contribution < 1.29 is 19.4 Å². The number of carboxylic acid groups (broad SMARTS) is 1. The van der Waals surface area contributed by atoms with Crippen LogP contribution in [0.15, 0.2) is 12.2 Å². The lowest BCUT2D eigenvalue weighted by molar-refractivity contribution is -0.142. The summed E-state index contributed by atoms with van der Waals surface area (Å²) < 4.78 is 5.08. The van der Waals surface area contributed by atoms with Crippen LogP contribution in [-0.2, 0) is 14.3 Å². The molecule has 1 amide bonds. The highest BCUT2D eigenvalue weighted by Gasteiger charge is 2.27. The molecule has 90 valence electrons. The maximum atomic E-state index is 11.7. The third-order valence-electron chi connectivity index (χ3n) is 2.47. The highest BCUT2D eigenvalue weighted by molar-refractivity contribution is 5.85. The van der Waals surface area contributed by atoms with E-state index < -0.39 is 12.0 Å². The number of hydrogen-bond donors (Lipinski definition) is 2. The van der Waals surface area contributed by atoms with Crippen molar-refractivity contribution in [1.82, 2.24) is 5.32 Å². The molecule has 1 aliphatic heterocycles. The standard InChI is InChI=1S/C11H17NO4/c1-7(2)5-9(11(14)15)12-10(13)8-3-4-16-6-8/h8-9H,1,3-6H2,2H3,(H,12,13)(H,14,15)/t8-,9-/m1/s1. The van der Waals surface area contributed by atoms with E-state index in [1.54, 1.807) is 6.92 Å². The van der Waals surface area contributed by atoms with E-state index in [4.69, 9.17) is 9.84 Å². The van der Waals surface area contributed by atoms with E-state index in [9.17, 15) is 9.59 Å². The summed E-state index contributed by atoms with van der Waals surface area (Å²) in [5.41, 5.74) is 0.732. The van der Waals surface area contributed by atoms with Crippen LogP contribution in [0.25, 0.3) is 0 Å². The minimum Gasteiger partial charge on any atom is -0.480 e. The fraction of sp³-hybridized carbons (Fsp3) is 0.636. The highest BCUT2D eigenvalue weighted by atomic mass is 16.5. The Morgan fingerprint density at radius 2 is 2.31 bits per heavy atom. The Morgan fingerprint density at radius 3 is 2.75 bits per heavy atom. The lowest BCUT2D eigenvalue weighted by Crippen LogP contribution is -2.43. The van der Waals surface area contributed by atoms with Gasteiger partial charge in [0.15, 0.2) is 0 Å². The van der Waals surface area contributed by atoms with Crippen LogP contribution in [0.3, 0.4) is 0 Å². The fourth-order valence-electron chi connectivity index (χ4n) is 1.58. The van der Waals surface area contributed by atoms with Crippen molar-refractivity contribution in [2.45, 2.75) is 25.8 Å². The highest BCUT2D eigenvalue weighted by Crippen LogP contribution is 2.13. The van der Waals surface area contributed by atoms with Crippen LogP contribution in [0.5, 0.6) is 0 Å². The number of aliphatic carboxylic acids is 1. The lowest BCUT2D eigenvalue weighted by atomic mass is 10.1. The van der Waals surface area contributed by atoms with Gasteiger partial charge in [-0.25, -0.2) is 4.79 Å². The number of amides is 1. The third-order valence-corrected chi connectivity index (χ3v) is 2.47. The molecule has 0 aromatic heterocycles. The van der Waals surface area contributed by atoms with Gasteiger partial charge in [0.2, 0.25) is 5.91 Å². The zero-order valence-electron chi connectivity index (χ0n) is 9.36. The topological polar surface area (TPSA) is 75.6 Å². The molecule has 0 aromatic carbocycles. The number of carbonyl (C=O) groups excluding carboxylic acids is 1. The van der Waals surface area contributed by atoms with Crippen molar-refractivity contribution in [3.63, 3.8) is 0 Å². The van der Waals surface area contributed by atoms with Crippen molar-refractivity contribution in [2.24, 2.45) is 5.92 Å². The average molecular weight is 227 g/mol. The SMILES string of the molecule is C=C(C)C[C@@H](NC(=O)[C@@H]1CCOC1)C(=O)O. The van der Waals surface area contributed by atoms with Crippen LogP contribution >= 0.6 is 0 Å². The average Bonchev–Trinajstić information content (AvgIpc) is 2.68. The van der Waals surface area contributed by atoms with E-state index >= 15 is 0 Å². The number of carboxylic acids is 1. The molecule has 0 radical (unpaired) electrons. The van der Waals surface area contributed by atoms with Gasteiger partial charge in [-0.15, -0.1) is 6.58 Å². The molecule has 2 atom stereocenters. The van der Waals surface area contributed by atoms with Gasteiger partial charge in [0.1, 0.15) is 6.04 Å². The molecule has 2 N–H and O–H groups in total. The predicted molar refractivity (Wildman–Crippen MR) is 57.9 cm³/mol. The van der Waals surface area contributed by atoms with Crippen molar-refractivity contribution in [1.29, 1.82) is 0 Å². The molecule has 0 saturated carbocycles. The first-order chi connectivity index (χ1) is 7.50. The molecule has 5 nitrogen and oxygen atoms in total. The van der Waals surface area contributed by atoms with Crippen LogP contribution in [0, 0.1) is 5.92 Å². The maximum absolute atomic E-state index is 11.7. The first-order valence-corrected chi connectivity index (χ1v) is 5.26. The summed E-state index contributed by atoms with van der Waals surface area (Å²) >= 11 is 0. The van der Waals surface area contributed by atoms with Crippen molar-refractivity contribution >= 4 is 11.9 Å². The Labute approximate surface area is 94.5 Å². The number of hydrogen-bond acceptors (Lipinski definition) is 3. The maximum Gasteiger partial charge on any atom is 0.326 e. The molecule has 16 heavy (non-hydrogen) atoms. The summed E-state index contributed by atoms with van der Waals surface area (Å²) in [6.45, 7) is 6.33. The summed E-state index contributed by atoms with van der Waals surface area (Å²) in [5, 5.41) is 11.4. The summed E-state index contributed by atoms with van der Waals surface area (Å²) in [6.07, 6.45) is 0.917. The minimum atomic E-state index is -1.03. The second-order valence-electron chi connectivity index (χ2n) is 4.12. The Kier molecular flexibility index (Phi) is 4.49. The summed E-state index contributed by atoms with van der Waals surface area (Å²) in [5.74, 6) is -1.49. The molecule has 5 heteroatoms. The largest absolute Gasteiger partial charge is 0.480 e. The molecule has 0 aliphatic carbocycles. The first-order valence-electron chi connectivity index (χ1n) is 5.26. The van der Waals surface area contributed by atoms with Crippen molar-refractivity contribution in [3.05, 3.63) is 12.2 Å². The van der Waals surface area contributed by atoms with Gasteiger partial charge in [-0.05, 0) is 19.8 Å². The summed E-state index contributed by atoms with van der Waals surface area (Å²) in [6, 6.07) is -0.884. The van der Waals surface area contributed by atoms with Crippen LogP contribution in [0.2, 0.25) is 0 Å². The monoisotopic (exact) mass is 227 g/mol. The van der Waals surface area contributed by atoms with Crippen LogP contribution in [0.4, 0.5) is 0 Å². The van der Waals surface area contributed by atoms with E-state index in [2.05, 4.69) is 11.9 Å². The molecule has 1 saturated heterocycles. The van der Waals surface area contributed by atoms with E-state index in [0.717, 1.165) is 5.57 Å². The minimum absolute atomic E-state index is 0.216. The van der Waals surface area contributed by atoms with Gasteiger partial charge in [-0.2, -0.15) is 0 Å². The Balaban J connectivity index is 2.50. The van der Waals surface area contributed by atoms with E-state index in [-0.39, 0.29) is 18.2 Å². The van der Waals surface area contributed by atoms with Crippen molar-refractivity contribution in [3.8, 4) is 0 Å². The Hall–Kier alpha value is -1.36. The normalized spacial score (nSPS) is 21.4. The molecule has 0 spiro atoms. The zero-order chi connectivity index (χ0) is 12.1. The Bertz CT molecular complexity index is 294. The zero-order valence-corrected chi connectivity index (χ0v) is 9.36. The molecule has 0 aromatic rings. The second kappa shape index (κ2) is 5.65. The molecule has 0 bridgehead atoms. The number of carbonyl (C=O) groups is 2. The van der Waals surface area contributed by atoms with Crippen molar-refractivity contribution in [2.75, 3.05) is 13.2 Å². The van der Waals surface area contributed by atoms with E-state index in [0.29, 0.717) is 19.6 Å². The van der Waals surface area contributed by atoms with Crippen LogP contribution < -0.4 is 5.32 Å². The van der Waals surface area contributed by atoms with E-state index in [1.807, 2.05) is 0 Å². The van der Waals surface area contributed by atoms with Gasteiger partial charge < -0.3 is 15.2 Å². The van der Waals surface area contributed by atoms with E-state index in [1.165, 1.54) is 0 Å². The molecule has 1 fully saturated rings. The molecule has 1 rings (SSSR count). The van der Waals surface area contributed by atoms with Gasteiger partial charge >= 0.3 is 5.97 Å². The van der Waals surface area contributed by atoms with Gasteiger partial charge in [0.25, 0.3) is 0 Å². The molecule has 1 aliphatic rings. The number of ether oxygens (including phenoxy) is 1. The Morgan fingerprint density at radius 1 is 1.62 bits per heavy atom. The summed E-state index contributed by atoms with van der Waals surface area (Å²) in [7, 11) is 0. The molecule has 0 unspecified atom stereocenters. The molecular weight excluding hydrogens is 210 g/mol. The quantitative estimate of drug-likeness (QED) is 0.673. The second-order valence-corrected chi connectivity index (χ2v) is 4.12. The number of rotatable bonds is 5. The molecule has 1 heterocycles. The van der Waals surface area contributed by atoms with Gasteiger partial charge in [0.05, 0.1) is 12.5 Å². The summed E-state index contributed by atoms with van der Waals surface area (Å²) in [4.78, 5) is 22.6. The first kappa shape index (κ1) is 12.7. The third kappa shape index (κ3) is 3.66. The van der Waals surface area contributed by atoms with Crippen LogP contribution in [-0.4, -0.2) is 36.2 Å². The van der Waals surface area contributed by atoms with Gasteiger partial charge in [-0.1, -0.05) is 5.57 Å². The fourth-order valence-corrected chi connectivity index (χ4v) is 1.58. The van der Waals surface area contributed by atoms with Gasteiger partial charge in [0, 0.05) is 6.61 Å². The number of nitrogens with one attached hydrogen (secondary N) is 1. The lowest BCUT2D eigenvalue weighted by Gasteiger charge is -2.16. The smallest absolute Gasteiger partial charge is 0.326 e.